The summed E-state index contributed by atoms with van der Waals surface area (Å²) in [5.41, 5.74) is 0.607. The number of nitro groups is 1. The molecule has 0 atom stereocenters. The highest BCUT2D eigenvalue weighted by molar-refractivity contribution is 5.87. The van der Waals surface area contributed by atoms with Crippen LogP contribution in [0.4, 0.5) is 5.69 Å². The molecule has 2 rings (SSSR count). The van der Waals surface area contributed by atoms with Crippen LogP contribution in [0.25, 0.3) is 6.08 Å². The molecule has 0 aliphatic heterocycles. The summed E-state index contributed by atoms with van der Waals surface area (Å²) in [6.45, 7) is 0.470. The van der Waals surface area contributed by atoms with Gasteiger partial charge in [0.2, 0.25) is 0 Å². The summed E-state index contributed by atoms with van der Waals surface area (Å²) in [5.74, 6) is 0.119. The van der Waals surface area contributed by atoms with Crippen molar-refractivity contribution in [1.29, 1.82) is 0 Å². The maximum Gasteiger partial charge on any atom is 0.330 e. The molecular weight excluding hydrogens is 234 g/mol. The molecule has 5 heteroatoms. The first-order chi connectivity index (χ1) is 8.65. The lowest BCUT2D eigenvalue weighted by Crippen LogP contribution is -2.03. The molecule has 0 N–H and O–H groups in total. The molecule has 1 aromatic carbocycles. The Kier molecular flexibility index (Phi) is 3.72. The topological polar surface area (TPSA) is 69.4 Å². The first-order valence-electron chi connectivity index (χ1n) is 5.74. The second kappa shape index (κ2) is 5.44. The van der Waals surface area contributed by atoms with E-state index in [9.17, 15) is 14.9 Å². The van der Waals surface area contributed by atoms with Gasteiger partial charge >= 0.3 is 5.97 Å². The van der Waals surface area contributed by atoms with Gasteiger partial charge in [0.05, 0.1) is 11.5 Å². The number of hydrogen-bond acceptors (Lipinski definition) is 4. The van der Waals surface area contributed by atoms with Gasteiger partial charge in [0.1, 0.15) is 0 Å². The van der Waals surface area contributed by atoms with Crippen molar-refractivity contribution < 1.29 is 14.5 Å². The number of nitrogens with zero attached hydrogens (tertiary/aromatic N) is 1. The van der Waals surface area contributed by atoms with Crippen LogP contribution in [0.2, 0.25) is 0 Å². The first-order valence-corrected chi connectivity index (χ1v) is 5.74. The van der Waals surface area contributed by atoms with Crippen molar-refractivity contribution in [2.24, 2.45) is 5.92 Å². The normalized spacial score (nSPS) is 14.7. The summed E-state index contributed by atoms with van der Waals surface area (Å²) in [5, 5.41) is 10.6. The summed E-state index contributed by atoms with van der Waals surface area (Å²) >= 11 is 0. The van der Waals surface area contributed by atoms with Crippen LogP contribution >= 0.6 is 0 Å². The number of hydrogen-bond donors (Lipinski definition) is 0. The summed E-state index contributed by atoms with van der Waals surface area (Å²) in [6.07, 6.45) is 5.06. The lowest BCUT2D eigenvalue weighted by Gasteiger charge is -1.98. The van der Waals surface area contributed by atoms with Crippen molar-refractivity contribution in [2.75, 3.05) is 6.61 Å². The highest BCUT2D eigenvalue weighted by atomic mass is 16.6. The van der Waals surface area contributed by atoms with Gasteiger partial charge in [-0.2, -0.15) is 0 Å². The quantitative estimate of drug-likeness (QED) is 0.347. The lowest BCUT2D eigenvalue weighted by atomic mass is 10.2. The Morgan fingerprint density at radius 1 is 1.50 bits per heavy atom. The zero-order valence-electron chi connectivity index (χ0n) is 9.74. The number of carbonyl (C=O) groups excluding carboxylic acids is 1. The molecule has 1 fully saturated rings. The molecule has 0 aromatic heterocycles. The van der Waals surface area contributed by atoms with E-state index in [1.165, 1.54) is 24.3 Å². The zero-order valence-corrected chi connectivity index (χ0v) is 9.74. The first kappa shape index (κ1) is 12.3. The third-order valence-electron chi connectivity index (χ3n) is 2.65. The van der Waals surface area contributed by atoms with Crippen LogP contribution in [-0.4, -0.2) is 17.5 Å². The number of rotatable bonds is 5. The minimum absolute atomic E-state index is 0.00324. The van der Waals surface area contributed by atoms with Crippen LogP contribution in [0.1, 0.15) is 18.4 Å². The number of esters is 1. The van der Waals surface area contributed by atoms with E-state index in [0.717, 1.165) is 12.8 Å². The average molecular weight is 247 g/mol. The van der Waals surface area contributed by atoms with E-state index in [-0.39, 0.29) is 5.69 Å². The standard InChI is InChI=1S/C13H13NO4/c15-13(18-9-11-4-5-11)7-6-10-2-1-3-12(8-10)14(16)17/h1-3,6-8,11H,4-5,9H2. The average Bonchev–Trinajstić information content (AvgIpc) is 3.18. The van der Waals surface area contributed by atoms with Crippen LogP contribution in [0.5, 0.6) is 0 Å². The Balaban J connectivity index is 1.92. The van der Waals surface area contributed by atoms with E-state index >= 15 is 0 Å². The summed E-state index contributed by atoms with van der Waals surface area (Å²) in [6, 6.07) is 6.08. The fourth-order valence-electron chi connectivity index (χ4n) is 1.44. The minimum Gasteiger partial charge on any atom is -0.462 e. The van der Waals surface area contributed by atoms with Crippen LogP contribution in [0, 0.1) is 16.0 Å². The van der Waals surface area contributed by atoms with Crippen molar-refractivity contribution in [3.8, 4) is 0 Å². The van der Waals surface area contributed by atoms with E-state index in [1.54, 1.807) is 12.1 Å². The van der Waals surface area contributed by atoms with Gasteiger partial charge in [-0.1, -0.05) is 12.1 Å². The Hall–Kier alpha value is -2.17. The van der Waals surface area contributed by atoms with Crippen molar-refractivity contribution in [3.05, 3.63) is 46.0 Å². The van der Waals surface area contributed by atoms with E-state index in [1.807, 2.05) is 0 Å². The lowest BCUT2D eigenvalue weighted by molar-refractivity contribution is -0.384. The molecule has 18 heavy (non-hydrogen) atoms. The minimum atomic E-state index is -0.469. The third kappa shape index (κ3) is 3.69. The SMILES string of the molecule is O=C(C=Cc1cccc([N+](=O)[O-])c1)OCC1CC1. The van der Waals surface area contributed by atoms with Gasteiger partial charge < -0.3 is 4.74 Å². The Labute approximate surface area is 104 Å². The molecule has 0 radical (unpaired) electrons. The predicted octanol–water partition coefficient (Wildman–Crippen LogP) is 2.56. The van der Waals surface area contributed by atoms with Crippen molar-refractivity contribution >= 4 is 17.7 Å². The molecule has 1 aliphatic rings. The highest BCUT2D eigenvalue weighted by Crippen LogP contribution is 2.28. The summed E-state index contributed by atoms with van der Waals surface area (Å²) in [4.78, 5) is 21.4. The number of benzene rings is 1. The summed E-state index contributed by atoms with van der Waals surface area (Å²) in [7, 11) is 0. The highest BCUT2D eigenvalue weighted by Gasteiger charge is 2.22. The van der Waals surface area contributed by atoms with E-state index in [2.05, 4.69) is 0 Å². The van der Waals surface area contributed by atoms with Crippen LogP contribution in [-0.2, 0) is 9.53 Å². The fraction of sp³-hybridized carbons (Fsp3) is 0.308. The molecular formula is C13H13NO4. The second-order valence-corrected chi connectivity index (χ2v) is 4.26. The van der Waals surface area contributed by atoms with Crippen LogP contribution < -0.4 is 0 Å². The van der Waals surface area contributed by atoms with Gasteiger partial charge in [-0.3, -0.25) is 10.1 Å². The monoisotopic (exact) mass is 247 g/mol. The van der Waals surface area contributed by atoms with Gasteiger partial charge in [-0.25, -0.2) is 4.79 Å². The van der Waals surface area contributed by atoms with Gasteiger partial charge in [0.15, 0.2) is 0 Å². The maximum atomic E-state index is 11.3. The third-order valence-corrected chi connectivity index (χ3v) is 2.65. The Morgan fingerprint density at radius 3 is 2.94 bits per heavy atom. The molecule has 1 aromatic rings. The molecule has 1 aliphatic carbocycles. The largest absolute Gasteiger partial charge is 0.462 e. The predicted molar refractivity (Wildman–Crippen MR) is 65.8 cm³/mol. The van der Waals surface area contributed by atoms with E-state index < -0.39 is 10.9 Å². The number of nitro benzene ring substituents is 1. The van der Waals surface area contributed by atoms with E-state index in [0.29, 0.717) is 18.1 Å². The molecule has 94 valence electrons. The van der Waals surface area contributed by atoms with Crippen LogP contribution in [0.15, 0.2) is 30.3 Å². The maximum absolute atomic E-state index is 11.3. The van der Waals surface area contributed by atoms with Gasteiger partial charge in [0.25, 0.3) is 5.69 Å². The van der Waals surface area contributed by atoms with E-state index in [4.69, 9.17) is 4.74 Å². The van der Waals surface area contributed by atoms with Crippen molar-refractivity contribution in [1.82, 2.24) is 0 Å². The molecule has 0 bridgehead atoms. The number of ether oxygens (including phenoxy) is 1. The molecule has 0 spiro atoms. The van der Waals surface area contributed by atoms with Gasteiger partial charge in [-0.15, -0.1) is 0 Å². The van der Waals surface area contributed by atoms with Gasteiger partial charge in [-0.05, 0) is 30.4 Å². The molecule has 0 amide bonds. The fourth-order valence-corrected chi connectivity index (χ4v) is 1.44. The molecule has 0 heterocycles. The Bertz CT molecular complexity index is 492. The number of non-ortho nitro benzene ring substituents is 1. The molecule has 0 saturated heterocycles. The Morgan fingerprint density at radius 2 is 2.28 bits per heavy atom. The zero-order chi connectivity index (χ0) is 13.0. The molecule has 0 unspecified atom stereocenters. The van der Waals surface area contributed by atoms with Crippen molar-refractivity contribution in [2.45, 2.75) is 12.8 Å². The van der Waals surface area contributed by atoms with Gasteiger partial charge in [0, 0.05) is 18.2 Å². The molecule has 1 saturated carbocycles. The number of carbonyl (C=O) groups is 1. The molecule has 5 nitrogen and oxygen atoms in total. The second-order valence-electron chi connectivity index (χ2n) is 4.26. The van der Waals surface area contributed by atoms with Crippen LogP contribution in [0.3, 0.4) is 0 Å². The summed E-state index contributed by atoms with van der Waals surface area (Å²) < 4.78 is 5.01. The smallest absolute Gasteiger partial charge is 0.330 e. The van der Waals surface area contributed by atoms with Crippen molar-refractivity contribution in [3.63, 3.8) is 0 Å².